The SMILES string of the molecule is CC.CC.NCCOCCN(CCNCCNC(=O)F)CCOCCN. The Morgan fingerprint density at radius 3 is 1.77 bits per heavy atom. The van der Waals surface area contributed by atoms with Crippen molar-refractivity contribution in [2.75, 3.05) is 78.8 Å². The maximum atomic E-state index is 11.9. The molecule has 0 heterocycles. The van der Waals surface area contributed by atoms with E-state index in [1.54, 1.807) is 0 Å². The van der Waals surface area contributed by atoms with Gasteiger partial charge < -0.3 is 31.6 Å². The summed E-state index contributed by atoms with van der Waals surface area (Å²) in [5, 5.41) is 5.21. The van der Waals surface area contributed by atoms with Crippen LogP contribution in [0, 0.1) is 0 Å². The van der Waals surface area contributed by atoms with Gasteiger partial charge in [0.25, 0.3) is 0 Å². The summed E-state index contributed by atoms with van der Waals surface area (Å²) < 4.78 is 22.7. The molecular formula is C17H42FN5O3. The number of hydrogen-bond acceptors (Lipinski definition) is 7. The van der Waals surface area contributed by atoms with Crippen LogP contribution in [0.3, 0.4) is 0 Å². The summed E-state index contributed by atoms with van der Waals surface area (Å²) in [7, 11) is 0. The first-order valence-corrected chi connectivity index (χ1v) is 9.62. The molecule has 0 spiro atoms. The van der Waals surface area contributed by atoms with Gasteiger partial charge in [-0.1, -0.05) is 27.7 Å². The number of carbonyl (C=O) groups is 1. The zero-order valence-corrected chi connectivity index (χ0v) is 17.2. The second-order valence-electron chi connectivity index (χ2n) is 4.59. The molecule has 160 valence electrons. The number of halogens is 1. The molecule has 0 saturated heterocycles. The molecule has 9 heteroatoms. The Kier molecular flexibility index (Phi) is 33.3. The molecule has 0 fully saturated rings. The van der Waals surface area contributed by atoms with Gasteiger partial charge in [-0.2, -0.15) is 0 Å². The van der Waals surface area contributed by atoms with Crippen LogP contribution in [-0.4, -0.2) is 89.8 Å². The minimum Gasteiger partial charge on any atom is -0.379 e. The second-order valence-corrected chi connectivity index (χ2v) is 4.59. The molecule has 0 aliphatic carbocycles. The van der Waals surface area contributed by atoms with Gasteiger partial charge in [0, 0.05) is 52.4 Å². The van der Waals surface area contributed by atoms with Crippen LogP contribution in [0.15, 0.2) is 0 Å². The molecule has 0 bridgehead atoms. The van der Waals surface area contributed by atoms with E-state index >= 15 is 0 Å². The third-order valence-electron chi connectivity index (χ3n) is 2.80. The number of nitrogens with one attached hydrogen (secondary N) is 2. The maximum Gasteiger partial charge on any atom is 0.397 e. The third-order valence-corrected chi connectivity index (χ3v) is 2.80. The van der Waals surface area contributed by atoms with Crippen LogP contribution in [0.2, 0.25) is 0 Å². The van der Waals surface area contributed by atoms with Gasteiger partial charge in [0.05, 0.1) is 26.4 Å². The molecule has 0 aromatic heterocycles. The zero-order chi connectivity index (χ0) is 20.5. The Balaban J connectivity index is -0.00000123. The second kappa shape index (κ2) is 28.9. The maximum absolute atomic E-state index is 11.9. The van der Waals surface area contributed by atoms with Crippen LogP contribution in [0.4, 0.5) is 9.18 Å². The number of hydrogen-bond donors (Lipinski definition) is 4. The fraction of sp³-hybridized carbons (Fsp3) is 0.941. The largest absolute Gasteiger partial charge is 0.397 e. The smallest absolute Gasteiger partial charge is 0.379 e. The summed E-state index contributed by atoms with van der Waals surface area (Å²) in [6.45, 7) is 15.3. The number of nitrogens with two attached hydrogens (primary N) is 2. The lowest BCUT2D eigenvalue weighted by molar-refractivity contribution is 0.0796. The summed E-state index contributed by atoms with van der Waals surface area (Å²) >= 11 is 0. The zero-order valence-electron chi connectivity index (χ0n) is 17.2. The van der Waals surface area contributed by atoms with Gasteiger partial charge in [-0.3, -0.25) is 4.90 Å². The first-order valence-electron chi connectivity index (χ1n) is 9.62. The van der Waals surface area contributed by atoms with Crippen LogP contribution in [0.5, 0.6) is 0 Å². The van der Waals surface area contributed by atoms with Crippen molar-refractivity contribution < 1.29 is 18.7 Å². The van der Waals surface area contributed by atoms with Gasteiger partial charge in [-0.15, -0.1) is 4.39 Å². The summed E-state index contributed by atoms with van der Waals surface area (Å²) in [6.07, 6.45) is -1.50. The van der Waals surface area contributed by atoms with E-state index in [1.165, 1.54) is 0 Å². The van der Waals surface area contributed by atoms with E-state index in [2.05, 4.69) is 15.5 Å². The molecule has 8 nitrogen and oxygen atoms in total. The highest BCUT2D eigenvalue weighted by molar-refractivity contribution is 5.65. The average molecular weight is 384 g/mol. The number of nitrogens with zero attached hydrogens (tertiary/aromatic N) is 1. The normalized spacial score (nSPS) is 9.85. The van der Waals surface area contributed by atoms with Crippen molar-refractivity contribution >= 4 is 6.16 Å². The van der Waals surface area contributed by atoms with Gasteiger partial charge in [-0.05, 0) is 0 Å². The highest BCUT2D eigenvalue weighted by atomic mass is 19.1. The van der Waals surface area contributed by atoms with Gasteiger partial charge in [0.15, 0.2) is 0 Å². The van der Waals surface area contributed by atoms with Crippen molar-refractivity contribution in [1.82, 2.24) is 15.5 Å². The van der Waals surface area contributed by atoms with Crippen molar-refractivity contribution in [2.45, 2.75) is 27.7 Å². The lowest BCUT2D eigenvalue weighted by Crippen LogP contribution is -2.38. The standard InChI is InChI=1S/C13H30FN5O3.2C2H6/c14-13(20)18-4-3-17-5-6-19(7-11-21-9-1-15)8-12-22-10-2-16;2*1-2/h17H,1-12,15-16H2,(H,18,20);2*1-2H3. The molecule has 0 aliphatic rings. The average Bonchev–Trinajstić information content (AvgIpc) is 2.67. The molecule has 26 heavy (non-hydrogen) atoms. The third kappa shape index (κ3) is 28.0. The van der Waals surface area contributed by atoms with Crippen LogP contribution >= 0.6 is 0 Å². The predicted molar refractivity (Wildman–Crippen MR) is 106 cm³/mol. The quantitative estimate of drug-likeness (QED) is 0.175. The van der Waals surface area contributed by atoms with Crippen molar-refractivity contribution in [3.8, 4) is 0 Å². The molecule has 0 atom stereocenters. The van der Waals surface area contributed by atoms with Gasteiger partial charge in [-0.25, -0.2) is 4.79 Å². The fourth-order valence-electron chi connectivity index (χ4n) is 1.70. The molecule has 0 unspecified atom stereocenters. The molecule has 0 rings (SSSR count). The molecule has 0 aromatic carbocycles. The molecule has 0 aromatic rings. The van der Waals surface area contributed by atoms with E-state index in [1.807, 2.05) is 27.7 Å². The van der Waals surface area contributed by atoms with Crippen molar-refractivity contribution in [1.29, 1.82) is 0 Å². The molecular weight excluding hydrogens is 341 g/mol. The minimum absolute atomic E-state index is 0.272. The fourth-order valence-corrected chi connectivity index (χ4v) is 1.70. The molecule has 0 saturated carbocycles. The molecule has 6 N–H and O–H groups in total. The van der Waals surface area contributed by atoms with Crippen LogP contribution in [0.25, 0.3) is 0 Å². The van der Waals surface area contributed by atoms with Crippen LogP contribution in [-0.2, 0) is 9.47 Å². The number of amides is 1. The number of rotatable bonds is 16. The highest BCUT2D eigenvalue weighted by Crippen LogP contribution is 1.89. The van der Waals surface area contributed by atoms with Crippen molar-refractivity contribution in [3.63, 3.8) is 0 Å². The molecule has 0 radical (unpaired) electrons. The van der Waals surface area contributed by atoms with Gasteiger partial charge >= 0.3 is 6.16 Å². The number of ether oxygens (including phenoxy) is 2. The van der Waals surface area contributed by atoms with E-state index in [-0.39, 0.29) is 6.54 Å². The van der Waals surface area contributed by atoms with Crippen molar-refractivity contribution in [2.24, 2.45) is 11.5 Å². The van der Waals surface area contributed by atoms with Crippen molar-refractivity contribution in [3.05, 3.63) is 0 Å². The lowest BCUT2D eigenvalue weighted by atomic mass is 10.4. The van der Waals surface area contributed by atoms with Gasteiger partial charge in [0.2, 0.25) is 0 Å². The first-order chi connectivity index (χ1) is 12.7. The monoisotopic (exact) mass is 383 g/mol. The predicted octanol–water partition coefficient (Wildman–Crippen LogP) is 0.560. The van der Waals surface area contributed by atoms with Gasteiger partial charge in [0.1, 0.15) is 0 Å². The topological polar surface area (TPSA) is 115 Å². The molecule has 0 aliphatic heterocycles. The minimum atomic E-state index is -1.50. The summed E-state index contributed by atoms with van der Waals surface area (Å²) in [5.41, 5.74) is 10.7. The molecule has 1 amide bonds. The Hall–Kier alpha value is -0.840. The van der Waals surface area contributed by atoms with E-state index in [0.29, 0.717) is 46.1 Å². The van der Waals surface area contributed by atoms with Crippen LogP contribution in [0.1, 0.15) is 27.7 Å². The summed E-state index contributed by atoms with van der Waals surface area (Å²) in [4.78, 5) is 12.3. The Labute approximate surface area is 159 Å². The van der Waals surface area contributed by atoms with E-state index in [4.69, 9.17) is 20.9 Å². The Bertz CT molecular complexity index is 253. The van der Waals surface area contributed by atoms with E-state index < -0.39 is 6.16 Å². The number of carbonyl (C=O) groups excluding carboxylic acids is 1. The van der Waals surface area contributed by atoms with E-state index in [0.717, 1.165) is 26.2 Å². The van der Waals surface area contributed by atoms with E-state index in [9.17, 15) is 9.18 Å². The van der Waals surface area contributed by atoms with Crippen LogP contribution < -0.4 is 22.1 Å². The lowest BCUT2D eigenvalue weighted by Gasteiger charge is -2.22. The Morgan fingerprint density at radius 2 is 1.35 bits per heavy atom. The Morgan fingerprint density at radius 1 is 0.846 bits per heavy atom. The first kappa shape index (κ1) is 29.9. The highest BCUT2D eigenvalue weighted by Gasteiger charge is 2.05. The summed E-state index contributed by atoms with van der Waals surface area (Å²) in [6, 6.07) is 0. The summed E-state index contributed by atoms with van der Waals surface area (Å²) in [5.74, 6) is 0.